The highest BCUT2D eigenvalue weighted by Gasteiger charge is 2.12. The van der Waals surface area contributed by atoms with E-state index in [1.165, 1.54) is 0 Å². The van der Waals surface area contributed by atoms with Crippen LogP contribution in [0.2, 0.25) is 0 Å². The van der Waals surface area contributed by atoms with Crippen molar-refractivity contribution in [3.8, 4) is 11.5 Å². The minimum Gasteiger partial charge on any atom is -0.493 e. The fraction of sp³-hybridized carbons (Fsp3) is 0.381. The Morgan fingerprint density at radius 1 is 1.04 bits per heavy atom. The first kappa shape index (κ1) is 19.0. The van der Waals surface area contributed by atoms with Crippen LogP contribution in [0.15, 0.2) is 42.5 Å². The maximum Gasteiger partial charge on any atom is 0.251 e. The number of anilines is 1. The Bertz CT molecular complexity index is 755. The first-order valence-electron chi connectivity index (χ1n) is 9.13. The lowest BCUT2D eigenvalue weighted by Gasteiger charge is -2.28. The van der Waals surface area contributed by atoms with Crippen molar-refractivity contribution in [1.29, 1.82) is 0 Å². The molecule has 0 saturated carbocycles. The van der Waals surface area contributed by atoms with Crippen LogP contribution in [0, 0.1) is 0 Å². The van der Waals surface area contributed by atoms with Crippen LogP contribution in [-0.4, -0.2) is 53.0 Å². The second-order valence-electron chi connectivity index (χ2n) is 6.34. The van der Waals surface area contributed by atoms with Crippen LogP contribution < -0.4 is 19.7 Å². The maximum atomic E-state index is 12.4. The number of rotatable bonds is 7. The van der Waals surface area contributed by atoms with Gasteiger partial charge in [-0.2, -0.15) is 0 Å². The summed E-state index contributed by atoms with van der Waals surface area (Å²) in [4.78, 5) is 14.6. The average molecular weight is 370 g/mol. The van der Waals surface area contributed by atoms with Crippen molar-refractivity contribution in [2.45, 2.75) is 6.42 Å². The lowest BCUT2D eigenvalue weighted by atomic mass is 10.1. The summed E-state index contributed by atoms with van der Waals surface area (Å²) in [6.45, 7) is 3.82. The third-order valence-electron chi connectivity index (χ3n) is 4.65. The van der Waals surface area contributed by atoms with Gasteiger partial charge in [0, 0.05) is 30.9 Å². The van der Waals surface area contributed by atoms with Crippen molar-refractivity contribution in [2.75, 3.05) is 52.0 Å². The number of methoxy groups -OCH3 is 2. The third kappa shape index (κ3) is 4.92. The highest BCUT2D eigenvalue weighted by atomic mass is 16.5. The second-order valence-corrected chi connectivity index (χ2v) is 6.34. The van der Waals surface area contributed by atoms with Gasteiger partial charge in [-0.05, 0) is 48.4 Å². The van der Waals surface area contributed by atoms with Crippen molar-refractivity contribution in [2.24, 2.45) is 0 Å². The van der Waals surface area contributed by atoms with Gasteiger partial charge in [-0.1, -0.05) is 6.07 Å². The lowest BCUT2D eigenvalue weighted by Crippen LogP contribution is -2.36. The molecule has 1 aliphatic rings. The molecular weight excluding hydrogens is 344 g/mol. The summed E-state index contributed by atoms with van der Waals surface area (Å²) >= 11 is 0. The van der Waals surface area contributed by atoms with Crippen LogP contribution in [0.4, 0.5) is 5.69 Å². The molecule has 6 heteroatoms. The number of hydrogen-bond donors (Lipinski definition) is 1. The monoisotopic (exact) mass is 370 g/mol. The van der Waals surface area contributed by atoms with Gasteiger partial charge in [-0.3, -0.25) is 4.79 Å². The molecule has 0 unspecified atom stereocenters. The number of carbonyl (C=O) groups is 1. The molecule has 6 nitrogen and oxygen atoms in total. The predicted octanol–water partition coefficient (Wildman–Crippen LogP) is 2.51. The van der Waals surface area contributed by atoms with Gasteiger partial charge in [0.1, 0.15) is 0 Å². The number of nitrogens with one attached hydrogen (secondary N) is 1. The minimum absolute atomic E-state index is 0.0657. The van der Waals surface area contributed by atoms with Crippen molar-refractivity contribution in [3.63, 3.8) is 0 Å². The Hall–Kier alpha value is -2.73. The zero-order valence-corrected chi connectivity index (χ0v) is 15.9. The molecule has 0 atom stereocenters. The molecule has 0 radical (unpaired) electrons. The highest BCUT2D eigenvalue weighted by molar-refractivity contribution is 5.94. The zero-order valence-electron chi connectivity index (χ0n) is 15.9. The van der Waals surface area contributed by atoms with Crippen LogP contribution >= 0.6 is 0 Å². The lowest BCUT2D eigenvalue weighted by molar-refractivity contribution is 0.0954. The first-order chi connectivity index (χ1) is 13.2. The van der Waals surface area contributed by atoms with Gasteiger partial charge in [0.05, 0.1) is 27.4 Å². The van der Waals surface area contributed by atoms with Gasteiger partial charge in [0.15, 0.2) is 11.5 Å². The summed E-state index contributed by atoms with van der Waals surface area (Å²) in [5, 5.41) is 2.97. The van der Waals surface area contributed by atoms with Crippen LogP contribution in [0.3, 0.4) is 0 Å². The van der Waals surface area contributed by atoms with Gasteiger partial charge in [0.2, 0.25) is 0 Å². The molecule has 1 saturated heterocycles. The number of amides is 1. The average Bonchev–Trinajstić information content (AvgIpc) is 2.74. The number of morpholine rings is 1. The maximum absolute atomic E-state index is 12.4. The molecule has 1 amide bonds. The molecule has 144 valence electrons. The Labute approximate surface area is 160 Å². The van der Waals surface area contributed by atoms with E-state index < -0.39 is 0 Å². The fourth-order valence-corrected chi connectivity index (χ4v) is 3.10. The molecule has 1 N–H and O–H groups in total. The fourth-order valence-electron chi connectivity index (χ4n) is 3.10. The van der Waals surface area contributed by atoms with Crippen LogP contribution in [0.5, 0.6) is 11.5 Å². The normalized spacial score (nSPS) is 13.9. The zero-order chi connectivity index (χ0) is 19.1. The second kappa shape index (κ2) is 9.28. The minimum atomic E-state index is -0.0657. The van der Waals surface area contributed by atoms with E-state index in [9.17, 15) is 4.79 Å². The molecule has 1 aliphatic heterocycles. The topological polar surface area (TPSA) is 60.0 Å². The predicted molar refractivity (Wildman–Crippen MR) is 105 cm³/mol. The summed E-state index contributed by atoms with van der Waals surface area (Å²) in [7, 11) is 3.23. The summed E-state index contributed by atoms with van der Waals surface area (Å²) < 4.78 is 15.9. The van der Waals surface area contributed by atoms with Crippen molar-refractivity contribution < 1.29 is 19.0 Å². The molecule has 2 aromatic carbocycles. The molecule has 0 aromatic heterocycles. The highest BCUT2D eigenvalue weighted by Crippen LogP contribution is 2.27. The number of ether oxygens (including phenoxy) is 3. The molecule has 1 fully saturated rings. The van der Waals surface area contributed by atoms with Gasteiger partial charge in [-0.15, -0.1) is 0 Å². The molecule has 3 rings (SSSR count). The number of hydrogen-bond acceptors (Lipinski definition) is 5. The van der Waals surface area contributed by atoms with Gasteiger partial charge >= 0.3 is 0 Å². The quantitative estimate of drug-likeness (QED) is 0.812. The Morgan fingerprint density at radius 3 is 2.41 bits per heavy atom. The number of benzene rings is 2. The summed E-state index contributed by atoms with van der Waals surface area (Å²) in [5.41, 5.74) is 2.87. The van der Waals surface area contributed by atoms with E-state index in [1.807, 2.05) is 42.5 Å². The number of nitrogens with zero attached hydrogens (tertiary/aromatic N) is 1. The van der Waals surface area contributed by atoms with Gasteiger partial charge in [-0.25, -0.2) is 0 Å². The van der Waals surface area contributed by atoms with E-state index in [-0.39, 0.29) is 5.91 Å². The van der Waals surface area contributed by atoms with Crippen molar-refractivity contribution in [1.82, 2.24) is 5.32 Å². The summed E-state index contributed by atoms with van der Waals surface area (Å²) in [6, 6.07) is 13.5. The standard InChI is InChI=1S/C21H26N2O4/c1-25-19-8-3-16(15-20(19)26-2)9-10-22-21(24)17-4-6-18(7-5-17)23-11-13-27-14-12-23/h3-8,15H,9-14H2,1-2H3,(H,22,24). The van der Waals surface area contributed by atoms with E-state index in [2.05, 4.69) is 10.2 Å². The Balaban J connectivity index is 1.52. The largest absolute Gasteiger partial charge is 0.493 e. The molecule has 0 bridgehead atoms. The van der Waals surface area contributed by atoms with E-state index >= 15 is 0 Å². The third-order valence-corrected chi connectivity index (χ3v) is 4.65. The van der Waals surface area contributed by atoms with Gasteiger partial charge in [0.25, 0.3) is 5.91 Å². The number of carbonyl (C=O) groups excluding carboxylic acids is 1. The summed E-state index contributed by atoms with van der Waals surface area (Å²) in [6.07, 6.45) is 0.720. The van der Waals surface area contributed by atoms with Crippen LogP contribution in [0.1, 0.15) is 15.9 Å². The van der Waals surface area contributed by atoms with Crippen LogP contribution in [-0.2, 0) is 11.2 Å². The van der Waals surface area contributed by atoms with E-state index in [1.54, 1.807) is 14.2 Å². The van der Waals surface area contributed by atoms with E-state index in [0.29, 0.717) is 23.6 Å². The summed E-state index contributed by atoms with van der Waals surface area (Å²) in [5.74, 6) is 1.33. The molecule has 0 spiro atoms. The molecular formula is C21H26N2O4. The molecule has 1 heterocycles. The Morgan fingerprint density at radius 2 is 1.74 bits per heavy atom. The van der Waals surface area contributed by atoms with Crippen LogP contribution in [0.25, 0.3) is 0 Å². The molecule has 0 aliphatic carbocycles. The Kier molecular flexibility index (Phi) is 6.54. The van der Waals surface area contributed by atoms with Gasteiger partial charge < -0.3 is 24.4 Å². The van der Waals surface area contributed by atoms with Crippen molar-refractivity contribution in [3.05, 3.63) is 53.6 Å². The van der Waals surface area contributed by atoms with E-state index in [0.717, 1.165) is 44.0 Å². The van der Waals surface area contributed by atoms with E-state index in [4.69, 9.17) is 14.2 Å². The first-order valence-corrected chi connectivity index (χ1v) is 9.13. The molecule has 27 heavy (non-hydrogen) atoms. The SMILES string of the molecule is COc1ccc(CCNC(=O)c2ccc(N3CCOCC3)cc2)cc1OC. The smallest absolute Gasteiger partial charge is 0.251 e. The molecule has 2 aromatic rings. The van der Waals surface area contributed by atoms with Crippen molar-refractivity contribution >= 4 is 11.6 Å².